The maximum Gasteiger partial charge on any atom is 0.175 e. The van der Waals surface area contributed by atoms with Gasteiger partial charge in [-0.05, 0) is 43.7 Å². The molecular formula is C22H21N5O2. The molecule has 146 valence electrons. The van der Waals surface area contributed by atoms with E-state index in [9.17, 15) is 0 Å². The van der Waals surface area contributed by atoms with Gasteiger partial charge in [-0.1, -0.05) is 35.5 Å². The van der Waals surface area contributed by atoms with E-state index in [1.807, 2.05) is 74.5 Å². The molecule has 0 saturated carbocycles. The highest BCUT2D eigenvalue weighted by molar-refractivity contribution is 5.62. The Bertz CT molecular complexity index is 1080. The van der Waals surface area contributed by atoms with Gasteiger partial charge in [0.15, 0.2) is 5.82 Å². The van der Waals surface area contributed by atoms with Crippen molar-refractivity contribution in [2.24, 2.45) is 0 Å². The minimum atomic E-state index is 0.537. The molecule has 2 heterocycles. The van der Waals surface area contributed by atoms with Crippen molar-refractivity contribution in [2.75, 3.05) is 10.6 Å². The van der Waals surface area contributed by atoms with Gasteiger partial charge < -0.3 is 19.9 Å². The number of aromatic nitrogens is 3. The summed E-state index contributed by atoms with van der Waals surface area (Å²) in [7, 11) is 0. The van der Waals surface area contributed by atoms with E-state index in [0.29, 0.717) is 29.9 Å². The first-order valence-corrected chi connectivity index (χ1v) is 9.24. The van der Waals surface area contributed by atoms with Crippen molar-refractivity contribution in [3.63, 3.8) is 0 Å². The van der Waals surface area contributed by atoms with Crippen molar-refractivity contribution in [3.8, 4) is 5.75 Å². The molecule has 0 aliphatic carbocycles. The predicted molar refractivity (Wildman–Crippen MR) is 112 cm³/mol. The lowest BCUT2D eigenvalue weighted by molar-refractivity contribution is 0.306. The van der Waals surface area contributed by atoms with Gasteiger partial charge in [0.05, 0.1) is 0 Å². The van der Waals surface area contributed by atoms with E-state index < -0.39 is 0 Å². The number of ether oxygens (including phenoxy) is 1. The maximum atomic E-state index is 5.82. The average molecular weight is 387 g/mol. The Labute approximate surface area is 168 Å². The third-order valence-electron chi connectivity index (χ3n) is 4.10. The van der Waals surface area contributed by atoms with Gasteiger partial charge >= 0.3 is 0 Å². The molecule has 0 aliphatic rings. The molecule has 29 heavy (non-hydrogen) atoms. The molecule has 0 unspecified atom stereocenters. The van der Waals surface area contributed by atoms with Crippen molar-refractivity contribution < 1.29 is 9.26 Å². The topological polar surface area (TPSA) is 85.1 Å². The van der Waals surface area contributed by atoms with Crippen molar-refractivity contribution in [1.82, 2.24) is 15.1 Å². The van der Waals surface area contributed by atoms with Crippen LogP contribution in [0.15, 0.2) is 71.3 Å². The zero-order valence-electron chi connectivity index (χ0n) is 16.2. The van der Waals surface area contributed by atoms with E-state index in [-0.39, 0.29) is 0 Å². The van der Waals surface area contributed by atoms with Crippen LogP contribution in [0.1, 0.15) is 17.1 Å². The van der Waals surface area contributed by atoms with Gasteiger partial charge in [0, 0.05) is 17.8 Å². The Morgan fingerprint density at radius 1 is 0.828 bits per heavy atom. The van der Waals surface area contributed by atoms with Crippen LogP contribution < -0.4 is 15.4 Å². The van der Waals surface area contributed by atoms with Crippen LogP contribution in [0.3, 0.4) is 0 Å². The number of rotatable bonds is 7. The van der Waals surface area contributed by atoms with Crippen LogP contribution in [0.25, 0.3) is 0 Å². The molecule has 2 aromatic heterocycles. The molecule has 0 amide bonds. The van der Waals surface area contributed by atoms with Crippen LogP contribution in [-0.4, -0.2) is 15.1 Å². The highest BCUT2D eigenvalue weighted by Gasteiger charge is 2.06. The lowest BCUT2D eigenvalue weighted by Gasteiger charge is -2.10. The Hall–Kier alpha value is -3.87. The predicted octanol–water partition coefficient (Wildman–Crippen LogP) is 5.15. The zero-order chi connectivity index (χ0) is 20.1. The fourth-order valence-electron chi connectivity index (χ4n) is 2.78. The van der Waals surface area contributed by atoms with Crippen LogP contribution >= 0.6 is 0 Å². The molecule has 0 fully saturated rings. The van der Waals surface area contributed by atoms with Gasteiger partial charge in [0.1, 0.15) is 35.6 Å². The molecule has 4 aromatic rings. The smallest absolute Gasteiger partial charge is 0.175 e. The Kier molecular flexibility index (Phi) is 5.38. The van der Waals surface area contributed by atoms with Crippen LogP contribution in [0.5, 0.6) is 5.75 Å². The fraction of sp³-hybridized carbons (Fsp3) is 0.136. The lowest BCUT2D eigenvalue weighted by Crippen LogP contribution is -2.01. The molecule has 7 nitrogen and oxygen atoms in total. The third kappa shape index (κ3) is 5.10. The Morgan fingerprint density at radius 2 is 1.55 bits per heavy atom. The van der Waals surface area contributed by atoms with E-state index in [2.05, 4.69) is 25.8 Å². The van der Waals surface area contributed by atoms with Gasteiger partial charge in [0.2, 0.25) is 0 Å². The van der Waals surface area contributed by atoms with Crippen molar-refractivity contribution in [1.29, 1.82) is 0 Å². The molecule has 7 heteroatoms. The quantitative estimate of drug-likeness (QED) is 0.454. The summed E-state index contributed by atoms with van der Waals surface area (Å²) in [5.41, 5.74) is 2.03. The minimum Gasteiger partial charge on any atom is -0.489 e. The molecule has 0 radical (unpaired) electrons. The van der Waals surface area contributed by atoms with E-state index in [4.69, 9.17) is 9.26 Å². The monoisotopic (exact) mass is 387 g/mol. The molecule has 2 aromatic carbocycles. The largest absolute Gasteiger partial charge is 0.489 e. The van der Waals surface area contributed by atoms with Crippen LogP contribution in [0, 0.1) is 13.8 Å². The van der Waals surface area contributed by atoms with E-state index >= 15 is 0 Å². The number of hydrogen-bond donors (Lipinski definition) is 2. The van der Waals surface area contributed by atoms with E-state index in [0.717, 1.165) is 22.8 Å². The van der Waals surface area contributed by atoms with Crippen molar-refractivity contribution in [2.45, 2.75) is 20.5 Å². The van der Waals surface area contributed by atoms with Crippen molar-refractivity contribution in [3.05, 3.63) is 83.9 Å². The van der Waals surface area contributed by atoms with Gasteiger partial charge in [-0.3, -0.25) is 0 Å². The summed E-state index contributed by atoms with van der Waals surface area (Å²) in [6.45, 7) is 4.21. The zero-order valence-corrected chi connectivity index (χ0v) is 16.2. The number of nitrogens with one attached hydrogen (secondary N) is 2. The van der Waals surface area contributed by atoms with E-state index in [1.165, 1.54) is 0 Å². The van der Waals surface area contributed by atoms with Gasteiger partial charge in [-0.2, -0.15) is 0 Å². The molecule has 0 aliphatic heterocycles. The first-order valence-electron chi connectivity index (χ1n) is 9.24. The van der Waals surface area contributed by atoms with Gasteiger partial charge in [-0.15, -0.1) is 0 Å². The molecule has 2 N–H and O–H groups in total. The molecule has 0 saturated heterocycles. The molecule has 0 atom stereocenters. The van der Waals surface area contributed by atoms with Crippen LogP contribution in [-0.2, 0) is 6.61 Å². The second-order valence-corrected chi connectivity index (χ2v) is 6.56. The van der Waals surface area contributed by atoms with Gasteiger partial charge in [-0.25, -0.2) is 9.97 Å². The maximum absolute atomic E-state index is 5.82. The Morgan fingerprint density at radius 3 is 2.24 bits per heavy atom. The lowest BCUT2D eigenvalue weighted by atomic mass is 10.2. The number of aryl methyl sites for hydroxylation is 2. The minimum absolute atomic E-state index is 0.537. The number of nitrogens with zero attached hydrogens (tertiary/aromatic N) is 3. The van der Waals surface area contributed by atoms with E-state index in [1.54, 1.807) is 6.07 Å². The second-order valence-electron chi connectivity index (χ2n) is 6.56. The van der Waals surface area contributed by atoms with Gasteiger partial charge in [0.25, 0.3) is 0 Å². The summed E-state index contributed by atoms with van der Waals surface area (Å²) in [5.74, 6) is 4.09. The summed E-state index contributed by atoms with van der Waals surface area (Å²) in [6.07, 6.45) is 0. The highest BCUT2D eigenvalue weighted by Crippen LogP contribution is 2.22. The SMILES string of the molecule is Cc1nc(Nc2ccc(OCc3ccccc3)cc2)cc(Nc2cc(C)on2)n1. The molecule has 0 spiro atoms. The first-order chi connectivity index (χ1) is 14.1. The molecular weight excluding hydrogens is 366 g/mol. The highest BCUT2D eigenvalue weighted by atomic mass is 16.5. The first kappa shape index (κ1) is 18.5. The van der Waals surface area contributed by atoms with Crippen LogP contribution in [0.2, 0.25) is 0 Å². The third-order valence-corrected chi connectivity index (χ3v) is 4.10. The second kappa shape index (κ2) is 8.43. The summed E-state index contributed by atoms with van der Waals surface area (Å²) in [4.78, 5) is 8.82. The summed E-state index contributed by atoms with van der Waals surface area (Å²) in [5, 5.41) is 10.3. The number of anilines is 4. The fourth-order valence-corrected chi connectivity index (χ4v) is 2.78. The summed E-state index contributed by atoms with van der Waals surface area (Å²) in [6, 6.07) is 21.5. The number of benzene rings is 2. The molecule has 4 rings (SSSR count). The standard InChI is InChI=1S/C22H21N5O2/c1-15-12-22(27-29-15)26-21-13-20(23-16(2)24-21)25-18-8-10-19(11-9-18)28-14-17-6-4-3-5-7-17/h3-13H,14H2,1-2H3,(H2,23,24,25,26,27). The normalized spacial score (nSPS) is 10.6. The number of hydrogen-bond acceptors (Lipinski definition) is 7. The summed E-state index contributed by atoms with van der Waals surface area (Å²) >= 11 is 0. The Balaban J connectivity index is 1.40. The van der Waals surface area contributed by atoms with Crippen LogP contribution in [0.4, 0.5) is 23.1 Å². The van der Waals surface area contributed by atoms with Crippen molar-refractivity contribution >= 4 is 23.1 Å². The molecule has 0 bridgehead atoms. The average Bonchev–Trinajstić information content (AvgIpc) is 3.12. The summed E-state index contributed by atoms with van der Waals surface area (Å²) < 4.78 is 10.9.